The Balaban J connectivity index is 1.80. The molecule has 5 aromatic rings. The summed E-state index contributed by atoms with van der Waals surface area (Å²) in [4.78, 5) is 24.7. The monoisotopic (exact) mass is 506 g/mol. The summed E-state index contributed by atoms with van der Waals surface area (Å²) in [5.74, 6) is 0.649. The first-order valence-electron chi connectivity index (χ1n) is 12.0. The number of aromatic hydroxyl groups is 1. The average molecular weight is 507 g/mol. The maximum atomic E-state index is 11.8. The van der Waals surface area contributed by atoms with Gasteiger partial charge < -0.3 is 15.6 Å². The predicted octanol–water partition coefficient (Wildman–Crippen LogP) is 4.99. The summed E-state index contributed by atoms with van der Waals surface area (Å²) in [6, 6.07) is 18.6. The Hall–Kier alpha value is -5.05. The number of aromatic nitrogens is 5. The number of aryl methyl sites for hydroxylation is 2. The van der Waals surface area contributed by atoms with Crippen LogP contribution >= 0.6 is 0 Å². The fourth-order valence-corrected chi connectivity index (χ4v) is 4.54. The van der Waals surface area contributed by atoms with Gasteiger partial charge in [-0.05, 0) is 43.5 Å². The zero-order valence-electron chi connectivity index (χ0n) is 21.2. The smallest absolute Gasteiger partial charge is 0.298 e. The number of fused-ring (bicyclic) bond motifs is 1. The van der Waals surface area contributed by atoms with E-state index in [1.54, 1.807) is 23.9 Å². The second-order valence-corrected chi connectivity index (χ2v) is 8.89. The lowest BCUT2D eigenvalue weighted by atomic mass is 9.91. The Bertz CT molecular complexity index is 1680. The number of nitrogens with two attached hydrogens (primary N) is 1. The van der Waals surface area contributed by atoms with Gasteiger partial charge in [0.25, 0.3) is 6.47 Å². The number of nitrogen functional groups attached to an aromatic ring is 1. The highest BCUT2D eigenvalue weighted by atomic mass is 16.5. The number of nitrogens with zero attached hydrogens (tertiary/aromatic N) is 5. The van der Waals surface area contributed by atoms with Crippen molar-refractivity contribution in [3.63, 3.8) is 0 Å². The van der Waals surface area contributed by atoms with E-state index in [-0.39, 0.29) is 11.6 Å². The van der Waals surface area contributed by atoms with Gasteiger partial charge in [-0.25, -0.2) is 14.6 Å². The Morgan fingerprint density at radius 2 is 1.79 bits per heavy atom. The van der Waals surface area contributed by atoms with Crippen LogP contribution < -0.4 is 5.73 Å². The SMILES string of the molecule is Cc1ccccc1/C(=C(\OC=O)C(C)n1nc(-c2cnc(C)c(O)c2)c2c(N)ncnc21)c1ccccc1. The summed E-state index contributed by atoms with van der Waals surface area (Å²) in [6.45, 7) is 6.01. The van der Waals surface area contributed by atoms with Crippen molar-refractivity contribution in [2.24, 2.45) is 0 Å². The van der Waals surface area contributed by atoms with E-state index in [0.29, 0.717) is 40.2 Å². The molecule has 0 saturated carbocycles. The first-order chi connectivity index (χ1) is 18.4. The molecule has 0 spiro atoms. The molecule has 0 aliphatic heterocycles. The third-order valence-electron chi connectivity index (χ3n) is 6.50. The van der Waals surface area contributed by atoms with E-state index in [2.05, 4.69) is 15.0 Å². The number of hydrogen-bond donors (Lipinski definition) is 2. The van der Waals surface area contributed by atoms with Gasteiger partial charge in [0.1, 0.15) is 35.4 Å². The molecule has 1 unspecified atom stereocenters. The molecule has 2 aromatic carbocycles. The summed E-state index contributed by atoms with van der Waals surface area (Å²) in [5, 5.41) is 15.6. The second kappa shape index (κ2) is 10.1. The topological polar surface area (TPSA) is 129 Å². The van der Waals surface area contributed by atoms with Crippen LogP contribution in [-0.4, -0.2) is 36.3 Å². The lowest BCUT2D eigenvalue weighted by Crippen LogP contribution is -2.15. The van der Waals surface area contributed by atoms with E-state index in [1.807, 2.05) is 68.4 Å². The number of carbonyl (C=O) groups excluding carboxylic acids is 1. The summed E-state index contributed by atoms with van der Waals surface area (Å²) in [5.41, 5.74) is 11.8. The average Bonchev–Trinajstić information content (AvgIpc) is 3.32. The lowest BCUT2D eigenvalue weighted by Gasteiger charge is -2.21. The number of pyridine rings is 1. The first kappa shape index (κ1) is 24.6. The number of allylic oxidation sites excluding steroid dienone is 1. The van der Waals surface area contributed by atoms with Gasteiger partial charge in [-0.2, -0.15) is 5.10 Å². The third kappa shape index (κ3) is 4.34. The fourth-order valence-electron chi connectivity index (χ4n) is 4.54. The summed E-state index contributed by atoms with van der Waals surface area (Å²) in [7, 11) is 0. The molecule has 0 aliphatic rings. The van der Waals surface area contributed by atoms with Crippen molar-refractivity contribution in [1.82, 2.24) is 24.7 Å². The molecule has 3 aromatic heterocycles. The number of ether oxygens (including phenoxy) is 1. The van der Waals surface area contributed by atoms with Crippen molar-refractivity contribution in [3.8, 4) is 17.0 Å². The van der Waals surface area contributed by atoms with E-state index in [0.717, 1.165) is 22.3 Å². The zero-order valence-corrected chi connectivity index (χ0v) is 21.2. The Kier molecular flexibility index (Phi) is 6.57. The van der Waals surface area contributed by atoms with Crippen LogP contribution in [0, 0.1) is 13.8 Å². The number of anilines is 1. The molecule has 1 atom stereocenters. The molecule has 0 fully saturated rings. The van der Waals surface area contributed by atoms with Crippen molar-refractivity contribution in [1.29, 1.82) is 0 Å². The summed E-state index contributed by atoms with van der Waals surface area (Å²) in [6.07, 6.45) is 2.97. The van der Waals surface area contributed by atoms with Gasteiger partial charge in [0.05, 0.1) is 11.1 Å². The Morgan fingerprint density at radius 3 is 2.50 bits per heavy atom. The molecule has 0 radical (unpaired) electrons. The molecule has 5 rings (SSSR count). The van der Waals surface area contributed by atoms with Crippen LogP contribution in [0.1, 0.15) is 35.3 Å². The van der Waals surface area contributed by atoms with Gasteiger partial charge in [0.15, 0.2) is 5.65 Å². The number of rotatable bonds is 7. The van der Waals surface area contributed by atoms with Crippen molar-refractivity contribution in [3.05, 3.63) is 101 Å². The molecule has 0 amide bonds. The molecule has 0 bridgehead atoms. The van der Waals surface area contributed by atoms with Crippen molar-refractivity contribution in [2.75, 3.05) is 5.73 Å². The van der Waals surface area contributed by atoms with Crippen molar-refractivity contribution >= 4 is 28.9 Å². The molecule has 9 heteroatoms. The van der Waals surface area contributed by atoms with Crippen molar-refractivity contribution < 1.29 is 14.6 Å². The van der Waals surface area contributed by atoms with Crippen molar-refractivity contribution in [2.45, 2.75) is 26.8 Å². The van der Waals surface area contributed by atoms with Crippen LogP contribution in [0.5, 0.6) is 5.75 Å². The molecule has 9 nitrogen and oxygen atoms in total. The minimum Gasteiger partial charge on any atom is -0.506 e. The molecule has 0 aliphatic carbocycles. The normalized spacial score (nSPS) is 12.7. The molecule has 190 valence electrons. The number of carbonyl (C=O) groups is 1. The van der Waals surface area contributed by atoms with Crippen LogP contribution in [0.25, 0.3) is 27.9 Å². The summed E-state index contributed by atoms with van der Waals surface area (Å²) >= 11 is 0. The van der Waals surface area contributed by atoms with E-state index in [4.69, 9.17) is 15.6 Å². The molecular formula is C29H26N6O3. The van der Waals surface area contributed by atoms with Crippen LogP contribution in [-0.2, 0) is 9.53 Å². The fraction of sp³-hybridized carbons (Fsp3) is 0.138. The molecule has 38 heavy (non-hydrogen) atoms. The number of hydrogen-bond acceptors (Lipinski definition) is 8. The Morgan fingerprint density at radius 1 is 1.05 bits per heavy atom. The van der Waals surface area contributed by atoms with Crippen LogP contribution in [0.2, 0.25) is 0 Å². The minimum absolute atomic E-state index is 0.0319. The van der Waals surface area contributed by atoms with Gasteiger partial charge in [0, 0.05) is 17.3 Å². The highest BCUT2D eigenvalue weighted by Crippen LogP contribution is 2.38. The molecule has 3 N–H and O–H groups in total. The second-order valence-electron chi connectivity index (χ2n) is 8.89. The van der Waals surface area contributed by atoms with Crippen LogP contribution in [0.4, 0.5) is 5.82 Å². The maximum absolute atomic E-state index is 11.8. The molecular weight excluding hydrogens is 480 g/mol. The van der Waals surface area contributed by atoms with E-state index in [9.17, 15) is 9.90 Å². The quantitative estimate of drug-likeness (QED) is 0.233. The molecule has 3 heterocycles. The largest absolute Gasteiger partial charge is 0.506 e. The summed E-state index contributed by atoms with van der Waals surface area (Å²) < 4.78 is 7.38. The van der Waals surface area contributed by atoms with Gasteiger partial charge in [-0.1, -0.05) is 54.6 Å². The maximum Gasteiger partial charge on any atom is 0.298 e. The van der Waals surface area contributed by atoms with Gasteiger partial charge >= 0.3 is 0 Å². The third-order valence-corrected chi connectivity index (χ3v) is 6.50. The highest BCUT2D eigenvalue weighted by Gasteiger charge is 2.27. The van der Waals surface area contributed by atoms with E-state index >= 15 is 0 Å². The Labute approximate surface area is 219 Å². The van der Waals surface area contributed by atoms with Gasteiger partial charge in [0.2, 0.25) is 0 Å². The first-order valence-corrected chi connectivity index (χ1v) is 12.0. The van der Waals surface area contributed by atoms with E-state index < -0.39 is 6.04 Å². The van der Waals surface area contributed by atoms with Crippen LogP contribution in [0.15, 0.2) is 78.9 Å². The zero-order chi connectivity index (χ0) is 26.8. The lowest BCUT2D eigenvalue weighted by molar-refractivity contribution is -0.125. The molecule has 0 saturated heterocycles. The predicted molar refractivity (Wildman–Crippen MR) is 145 cm³/mol. The van der Waals surface area contributed by atoms with Gasteiger partial charge in [-0.3, -0.25) is 9.78 Å². The highest BCUT2D eigenvalue weighted by molar-refractivity contribution is 5.98. The van der Waals surface area contributed by atoms with Gasteiger partial charge in [-0.15, -0.1) is 0 Å². The van der Waals surface area contributed by atoms with E-state index in [1.165, 1.54) is 6.33 Å². The van der Waals surface area contributed by atoms with Crippen LogP contribution in [0.3, 0.4) is 0 Å². The minimum atomic E-state index is -0.590. The standard InChI is InChI=1S/C29H26N6O3/c1-17-9-7-8-12-22(17)24(20-10-5-4-6-11-20)27(38-16-36)19(3)35-29-25(28(30)32-15-33-29)26(34-35)21-13-23(37)18(2)31-14-21/h4-16,19,37H,1-3H3,(H2,30,32,33)/b27-24-. The number of benzene rings is 2.